The molecule has 1 saturated heterocycles. The Balaban J connectivity index is 1.34. The standard InChI is InChI=1S/C30H38ClN5O4S2/c1-5-40-28(38)26-22-11-6-19(30(2,3)4)16-23(22)42-27(26)32-25(37)18-41-29-34-33-24(17-35-12-14-39-15-13-35)36(29)21-9-7-20(31)8-10-21/h7-10,19H,5-6,11-18H2,1-4H3,(H,32,37)/t19-/m1/s1. The number of hydrogen-bond acceptors (Lipinski definition) is 9. The van der Waals surface area contributed by atoms with E-state index in [1.165, 1.54) is 28.0 Å². The highest BCUT2D eigenvalue weighted by Crippen LogP contribution is 2.44. The van der Waals surface area contributed by atoms with E-state index >= 15 is 0 Å². The van der Waals surface area contributed by atoms with Crippen LogP contribution in [0.2, 0.25) is 5.02 Å². The molecule has 0 saturated carbocycles. The summed E-state index contributed by atoms with van der Waals surface area (Å²) in [5.74, 6) is 0.827. The summed E-state index contributed by atoms with van der Waals surface area (Å²) in [6.45, 7) is 12.5. The first kappa shape index (κ1) is 31.0. The van der Waals surface area contributed by atoms with E-state index in [4.69, 9.17) is 21.1 Å². The molecule has 0 unspecified atom stereocenters. The minimum atomic E-state index is -0.373. The number of hydrogen-bond donors (Lipinski definition) is 1. The van der Waals surface area contributed by atoms with Crippen LogP contribution in [0.1, 0.15) is 60.7 Å². The summed E-state index contributed by atoms with van der Waals surface area (Å²) in [6, 6.07) is 7.50. The summed E-state index contributed by atoms with van der Waals surface area (Å²) in [7, 11) is 0. The lowest BCUT2D eigenvalue weighted by Gasteiger charge is -2.33. The zero-order valence-corrected chi connectivity index (χ0v) is 27.0. The van der Waals surface area contributed by atoms with Crippen LogP contribution in [0.15, 0.2) is 29.4 Å². The molecule has 1 fully saturated rings. The van der Waals surface area contributed by atoms with Crippen LogP contribution < -0.4 is 5.32 Å². The van der Waals surface area contributed by atoms with Crippen molar-refractivity contribution in [2.45, 2.75) is 58.7 Å². The molecule has 42 heavy (non-hydrogen) atoms. The van der Waals surface area contributed by atoms with E-state index in [-0.39, 0.29) is 29.7 Å². The van der Waals surface area contributed by atoms with Gasteiger partial charge in [0.05, 0.1) is 37.7 Å². The van der Waals surface area contributed by atoms with Gasteiger partial charge in [0.2, 0.25) is 5.91 Å². The van der Waals surface area contributed by atoms with Crippen molar-refractivity contribution in [1.82, 2.24) is 19.7 Å². The third-order valence-corrected chi connectivity index (χ3v) is 10.2. The molecule has 0 bridgehead atoms. The van der Waals surface area contributed by atoms with Gasteiger partial charge in [-0.3, -0.25) is 14.3 Å². The molecule has 9 nitrogen and oxygen atoms in total. The summed E-state index contributed by atoms with van der Waals surface area (Å²) in [5, 5.41) is 13.8. The zero-order chi connectivity index (χ0) is 29.9. The largest absolute Gasteiger partial charge is 0.462 e. The summed E-state index contributed by atoms with van der Waals surface area (Å²) in [5.41, 5.74) is 2.59. The van der Waals surface area contributed by atoms with Crippen LogP contribution in [0.5, 0.6) is 0 Å². The molecule has 1 aliphatic heterocycles. The second-order valence-corrected chi connectivity index (χ2v) is 14.2. The van der Waals surface area contributed by atoms with Crippen molar-refractivity contribution in [1.29, 1.82) is 0 Å². The van der Waals surface area contributed by atoms with Crippen LogP contribution >= 0.6 is 34.7 Å². The number of nitrogens with one attached hydrogen (secondary N) is 1. The maximum Gasteiger partial charge on any atom is 0.341 e. The van der Waals surface area contributed by atoms with E-state index in [9.17, 15) is 9.59 Å². The summed E-state index contributed by atoms with van der Waals surface area (Å²) >= 11 is 8.97. The highest BCUT2D eigenvalue weighted by atomic mass is 35.5. The van der Waals surface area contributed by atoms with E-state index in [1.807, 2.05) is 28.8 Å². The minimum Gasteiger partial charge on any atom is -0.462 e. The number of rotatable bonds is 9. The Hall–Kier alpha value is -2.44. The molecule has 1 N–H and O–H groups in total. The SMILES string of the molecule is CCOC(=O)c1c(NC(=O)CSc2nnc(CN3CCOCC3)n2-c2ccc(Cl)cc2)sc2c1CC[C@@H](C(C)(C)C)C2. The summed E-state index contributed by atoms with van der Waals surface area (Å²) in [4.78, 5) is 29.8. The average molecular weight is 632 g/mol. The molecule has 0 radical (unpaired) electrons. The Bertz CT molecular complexity index is 1410. The fraction of sp³-hybridized carbons (Fsp3) is 0.533. The van der Waals surface area contributed by atoms with Crippen molar-refractivity contribution < 1.29 is 19.1 Å². The first-order valence-corrected chi connectivity index (χ1v) is 16.6. The van der Waals surface area contributed by atoms with Crippen LogP contribution in [0.4, 0.5) is 5.00 Å². The summed E-state index contributed by atoms with van der Waals surface area (Å²) in [6.07, 6.45) is 2.72. The molecule has 5 rings (SSSR count). The molecule has 0 spiro atoms. The van der Waals surface area contributed by atoms with E-state index < -0.39 is 0 Å². The first-order valence-electron chi connectivity index (χ1n) is 14.4. The van der Waals surface area contributed by atoms with Crippen LogP contribution in [0.3, 0.4) is 0 Å². The quantitative estimate of drug-likeness (QED) is 0.231. The van der Waals surface area contributed by atoms with E-state index in [0.717, 1.165) is 49.4 Å². The van der Waals surface area contributed by atoms with Crippen molar-refractivity contribution in [2.24, 2.45) is 11.3 Å². The number of benzene rings is 1. The normalized spacial score (nSPS) is 17.6. The van der Waals surface area contributed by atoms with Crippen molar-refractivity contribution in [3.63, 3.8) is 0 Å². The van der Waals surface area contributed by atoms with Gasteiger partial charge >= 0.3 is 5.97 Å². The molecular formula is C30H38ClN5O4S2. The van der Waals surface area contributed by atoms with E-state index in [0.29, 0.717) is 46.4 Å². The molecule has 1 atom stereocenters. The molecule has 226 valence electrons. The lowest BCUT2D eigenvalue weighted by atomic mass is 9.72. The number of carbonyl (C=O) groups is 2. The molecular weight excluding hydrogens is 594 g/mol. The predicted molar refractivity (Wildman–Crippen MR) is 167 cm³/mol. The molecule has 2 aliphatic rings. The molecule has 1 aromatic carbocycles. The minimum absolute atomic E-state index is 0.110. The Morgan fingerprint density at radius 1 is 1.19 bits per heavy atom. The van der Waals surface area contributed by atoms with Gasteiger partial charge in [-0.2, -0.15) is 0 Å². The smallest absolute Gasteiger partial charge is 0.341 e. The maximum absolute atomic E-state index is 13.3. The van der Waals surface area contributed by atoms with Gasteiger partial charge in [-0.15, -0.1) is 21.5 Å². The highest BCUT2D eigenvalue weighted by Gasteiger charge is 2.34. The number of ether oxygens (including phenoxy) is 2. The molecule has 12 heteroatoms. The van der Waals surface area contributed by atoms with Gasteiger partial charge in [0.15, 0.2) is 11.0 Å². The number of carbonyl (C=O) groups excluding carboxylic acids is 2. The van der Waals surface area contributed by atoms with Gasteiger partial charge in [-0.05, 0) is 67.3 Å². The number of thiophene rings is 1. The number of nitrogens with zero attached hydrogens (tertiary/aromatic N) is 4. The number of thioether (sulfide) groups is 1. The van der Waals surface area contributed by atoms with Crippen LogP contribution in [0.25, 0.3) is 5.69 Å². The number of amides is 1. The highest BCUT2D eigenvalue weighted by molar-refractivity contribution is 7.99. The van der Waals surface area contributed by atoms with Gasteiger partial charge in [0.25, 0.3) is 0 Å². The summed E-state index contributed by atoms with van der Waals surface area (Å²) < 4.78 is 12.9. The molecule has 2 aromatic heterocycles. The van der Waals surface area contributed by atoms with Gasteiger partial charge in [-0.25, -0.2) is 4.79 Å². The number of fused-ring (bicyclic) bond motifs is 1. The zero-order valence-electron chi connectivity index (χ0n) is 24.6. The second kappa shape index (κ2) is 13.5. The van der Waals surface area contributed by atoms with Crippen LogP contribution in [0, 0.1) is 11.3 Å². The first-order chi connectivity index (χ1) is 20.1. The molecule has 1 aliphatic carbocycles. The lowest BCUT2D eigenvalue weighted by molar-refractivity contribution is -0.113. The third kappa shape index (κ3) is 7.19. The number of morpholine rings is 1. The fourth-order valence-corrected chi connectivity index (χ4v) is 7.66. The van der Waals surface area contributed by atoms with Crippen molar-refractivity contribution in [3.05, 3.63) is 51.1 Å². The van der Waals surface area contributed by atoms with E-state index in [2.05, 4.69) is 41.2 Å². The number of esters is 1. The molecule has 3 heterocycles. The Morgan fingerprint density at radius 2 is 1.93 bits per heavy atom. The number of aromatic nitrogens is 3. The lowest BCUT2D eigenvalue weighted by Crippen LogP contribution is -2.36. The number of halogens is 1. The topological polar surface area (TPSA) is 98.6 Å². The maximum atomic E-state index is 13.3. The van der Waals surface area contributed by atoms with Gasteiger partial charge in [-0.1, -0.05) is 44.1 Å². The predicted octanol–water partition coefficient (Wildman–Crippen LogP) is 5.87. The Kier molecular flexibility index (Phi) is 9.94. The van der Waals surface area contributed by atoms with Crippen molar-refractivity contribution in [3.8, 4) is 5.69 Å². The fourth-order valence-electron chi connectivity index (χ4n) is 5.43. The van der Waals surface area contributed by atoms with Crippen molar-refractivity contribution in [2.75, 3.05) is 44.0 Å². The van der Waals surface area contributed by atoms with Gasteiger partial charge < -0.3 is 14.8 Å². The average Bonchev–Trinajstić information content (AvgIpc) is 3.52. The van der Waals surface area contributed by atoms with Crippen LogP contribution in [-0.4, -0.2) is 70.2 Å². The van der Waals surface area contributed by atoms with Gasteiger partial charge in [0.1, 0.15) is 5.00 Å². The van der Waals surface area contributed by atoms with Crippen molar-refractivity contribution >= 4 is 51.6 Å². The van der Waals surface area contributed by atoms with E-state index in [1.54, 1.807) is 6.92 Å². The third-order valence-electron chi connectivity index (χ3n) is 7.81. The Labute approximate surface area is 260 Å². The van der Waals surface area contributed by atoms with Crippen LogP contribution in [-0.2, 0) is 33.7 Å². The molecule has 3 aromatic rings. The second-order valence-electron chi connectivity index (χ2n) is 11.7. The molecule has 1 amide bonds. The monoisotopic (exact) mass is 631 g/mol. The van der Waals surface area contributed by atoms with Gasteiger partial charge in [0, 0.05) is 28.7 Å². The Morgan fingerprint density at radius 3 is 2.62 bits per heavy atom. The number of anilines is 1.